The molecule has 0 fully saturated rings. The molecule has 0 bridgehead atoms. The van der Waals surface area contributed by atoms with E-state index >= 15 is 0 Å². The highest BCUT2D eigenvalue weighted by molar-refractivity contribution is 6.06. The van der Waals surface area contributed by atoms with Crippen LogP contribution in [0.1, 0.15) is 43.7 Å². The second kappa shape index (κ2) is 6.07. The van der Waals surface area contributed by atoms with Crippen molar-refractivity contribution in [1.29, 1.82) is 0 Å². The Hall–Kier alpha value is -2.30. The number of hydrogen-bond donors (Lipinski definition) is 0. The van der Waals surface area contributed by atoms with Crippen molar-refractivity contribution in [2.45, 2.75) is 34.6 Å². The Labute approximate surface area is 136 Å². The van der Waals surface area contributed by atoms with Crippen LogP contribution in [0.15, 0.2) is 18.2 Å². The van der Waals surface area contributed by atoms with E-state index < -0.39 is 5.41 Å². The molecule has 0 aliphatic rings. The third-order valence-electron chi connectivity index (χ3n) is 3.77. The van der Waals surface area contributed by atoms with Gasteiger partial charge in [-0.05, 0) is 52.8 Å². The van der Waals surface area contributed by atoms with Crippen molar-refractivity contribution in [2.75, 3.05) is 6.61 Å². The molecule has 1 aromatic heterocycles. The molecule has 2 rings (SSSR count). The molecule has 0 amide bonds. The number of nitrogens with zero attached hydrogens (tertiary/aromatic N) is 1. The van der Waals surface area contributed by atoms with E-state index in [-0.39, 0.29) is 11.9 Å². The molecule has 124 valence electrons. The summed E-state index contributed by atoms with van der Waals surface area (Å²) < 4.78 is 12.5. The van der Waals surface area contributed by atoms with Crippen molar-refractivity contribution < 1.29 is 19.1 Å². The van der Waals surface area contributed by atoms with E-state index in [9.17, 15) is 9.59 Å². The summed E-state index contributed by atoms with van der Waals surface area (Å²) in [5.74, 6) is -0.259. The van der Waals surface area contributed by atoms with Gasteiger partial charge in [0.25, 0.3) is 0 Å². The molecule has 5 heteroatoms. The molecule has 5 nitrogen and oxygen atoms in total. The Morgan fingerprint density at radius 2 is 1.87 bits per heavy atom. The lowest BCUT2D eigenvalue weighted by Crippen LogP contribution is -2.25. The van der Waals surface area contributed by atoms with Gasteiger partial charge in [0, 0.05) is 23.6 Å². The second-order valence-electron chi connectivity index (χ2n) is 6.56. The lowest BCUT2D eigenvalue weighted by molar-refractivity contribution is -0.142. The smallest absolute Gasteiger partial charge is 0.340 e. The van der Waals surface area contributed by atoms with Crippen LogP contribution in [0.25, 0.3) is 10.9 Å². The van der Waals surface area contributed by atoms with E-state index in [1.807, 2.05) is 24.6 Å². The van der Waals surface area contributed by atoms with E-state index in [2.05, 4.69) is 0 Å². The minimum Gasteiger partial charge on any atom is -0.462 e. The van der Waals surface area contributed by atoms with Crippen molar-refractivity contribution in [3.05, 3.63) is 29.5 Å². The Balaban J connectivity index is 2.51. The first-order valence-electron chi connectivity index (χ1n) is 7.65. The first-order valence-corrected chi connectivity index (χ1v) is 7.65. The monoisotopic (exact) mass is 317 g/mol. The number of ether oxygens (including phenoxy) is 2. The molecular formula is C18H23NO4. The number of esters is 2. The van der Waals surface area contributed by atoms with Crippen LogP contribution < -0.4 is 4.74 Å². The van der Waals surface area contributed by atoms with Crippen LogP contribution in [0.5, 0.6) is 5.75 Å². The third kappa shape index (κ3) is 3.23. The van der Waals surface area contributed by atoms with Gasteiger partial charge in [0.05, 0.1) is 17.6 Å². The molecule has 0 radical (unpaired) electrons. The maximum atomic E-state index is 12.2. The predicted molar refractivity (Wildman–Crippen MR) is 88.7 cm³/mol. The number of benzene rings is 1. The van der Waals surface area contributed by atoms with Gasteiger partial charge in [-0.25, -0.2) is 4.79 Å². The Morgan fingerprint density at radius 3 is 2.43 bits per heavy atom. The summed E-state index contributed by atoms with van der Waals surface area (Å²) in [5.41, 5.74) is 1.63. The SMILES string of the molecule is CCOC(=O)c1c(C)n(C)c2ccc(OC(=O)C(C)(C)C)cc12. The highest BCUT2D eigenvalue weighted by atomic mass is 16.5. The number of hydrogen-bond acceptors (Lipinski definition) is 4. The molecule has 0 spiro atoms. The van der Waals surface area contributed by atoms with Crippen LogP contribution in [-0.4, -0.2) is 23.1 Å². The van der Waals surface area contributed by atoms with E-state index in [0.29, 0.717) is 17.9 Å². The quantitative estimate of drug-likeness (QED) is 0.641. The van der Waals surface area contributed by atoms with Gasteiger partial charge in [-0.15, -0.1) is 0 Å². The van der Waals surface area contributed by atoms with Gasteiger partial charge in [0.2, 0.25) is 0 Å². The number of rotatable bonds is 3. The van der Waals surface area contributed by atoms with Gasteiger partial charge in [0.15, 0.2) is 0 Å². The largest absolute Gasteiger partial charge is 0.462 e. The Morgan fingerprint density at radius 1 is 1.22 bits per heavy atom. The van der Waals surface area contributed by atoms with Gasteiger partial charge >= 0.3 is 11.9 Å². The predicted octanol–water partition coefficient (Wildman–Crippen LogP) is 3.61. The van der Waals surface area contributed by atoms with Gasteiger partial charge in [-0.1, -0.05) is 0 Å². The van der Waals surface area contributed by atoms with Crippen LogP contribution in [0.2, 0.25) is 0 Å². The summed E-state index contributed by atoms with van der Waals surface area (Å²) in [6.07, 6.45) is 0. The maximum Gasteiger partial charge on any atom is 0.340 e. The minimum absolute atomic E-state index is 0.313. The van der Waals surface area contributed by atoms with Crippen LogP contribution in [0.3, 0.4) is 0 Å². The van der Waals surface area contributed by atoms with Gasteiger partial charge in [-0.2, -0.15) is 0 Å². The van der Waals surface area contributed by atoms with Crippen molar-refractivity contribution in [1.82, 2.24) is 4.57 Å². The standard InChI is InChI=1S/C18H23NO4/c1-7-22-16(20)15-11(2)19(6)14-9-8-12(10-13(14)15)23-17(21)18(3,4)5/h8-10H,7H2,1-6H3. The van der Waals surface area contributed by atoms with Crippen molar-refractivity contribution in [2.24, 2.45) is 12.5 Å². The summed E-state index contributed by atoms with van der Waals surface area (Å²) in [7, 11) is 1.89. The summed E-state index contributed by atoms with van der Waals surface area (Å²) in [6, 6.07) is 5.30. The van der Waals surface area contributed by atoms with Gasteiger partial charge < -0.3 is 14.0 Å². The van der Waals surface area contributed by atoms with Crippen molar-refractivity contribution in [3.63, 3.8) is 0 Å². The second-order valence-corrected chi connectivity index (χ2v) is 6.56. The van der Waals surface area contributed by atoms with Crippen LogP contribution in [0.4, 0.5) is 0 Å². The number of fused-ring (bicyclic) bond motifs is 1. The zero-order chi connectivity index (χ0) is 17.4. The molecule has 0 atom stereocenters. The van der Waals surface area contributed by atoms with E-state index in [1.54, 1.807) is 39.8 Å². The molecule has 0 aliphatic heterocycles. The molecule has 23 heavy (non-hydrogen) atoms. The summed E-state index contributed by atoms with van der Waals surface area (Å²) in [6.45, 7) is 9.34. The maximum absolute atomic E-state index is 12.2. The molecule has 0 N–H and O–H groups in total. The zero-order valence-electron chi connectivity index (χ0n) is 14.5. The highest BCUT2D eigenvalue weighted by Gasteiger charge is 2.25. The molecule has 1 aromatic carbocycles. The lowest BCUT2D eigenvalue weighted by atomic mass is 9.97. The molecular weight excluding hydrogens is 294 g/mol. The highest BCUT2D eigenvalue weighted by Crippen LogP contribution is 2.30. The Bertz CT molecular complexity index is 765. The average Bonchev–Trinajstić information content (AvgIpc) is 2.70. The number of carbonyl (C=O) groups excluding carboxylic acids is 2. The van der Waals surface area contributed by atoms with E-state index in [1.165, 1.54) is 0 Å². The number of carbonyl (C=O) groups is 2. The summed E-state index contributed by atoms with van der Waals surface area (Å²) in [5, 5.41) is 0.725. The van der Waals surface area contributed by atoms with Crippen molar-refractivity contribution in [3.8, 4) is 5.75 Å². The van der Waals surface area contributed by atoms with Crippen molar-refractivity contribution >= 4 is 22.8 Å². The normalized spacial score (nSPS) is 11.6. The fraction of sp³-hybridized carbons (Fsp3) is 0.444. The molecule has 0 saturated heterocycles. The fourth-order valence-corrected chi connectivity index (χ4v) is 2.34. The van der Waals surface area contributed by atoms with Crippen LogP contribution in [-0.2, 0) is 16.6 Å². The first kappa shape index (κ1) is 17.1. The molecule has 1 heterocycles. The summed E-state index contributed by atoms with van der Waals surface area (Å²) in [4.78, 5) is 24.3. The molecule has 0 aliphatic carbocycles. The lowest BCUT2D eigenvalue weighted by Gasteiger charge is -2.16. The first-order chi connectivity index (χ1) is 10.7. The third-order valence-corrected chi connectivity index (χ3v) is 3.77. The van der Waals surface area contributed by atoms with Gasteiger partial charge in [0.1, 0.15) is 5.75 Å². The minimum atomic E-state index is -0.592. The molecule has 0 saturated carbocycles. The zero-order valence-corrected chi connectivity index (χ0v) is 14.5. The van der Waals surface area contributed by atoms with Crippen LogP contribution in [0, 0.1) is 12.3 Å². The Kier molecular flexibility index (Phi) is 4.50. The topological polar surface area (TPSA) is 57.5 Å². The van der Waals surface area contributed by atoms with E-state index in [0.717, 1.165) is 16.6 Å². The number of aromatic nitrogens is 1. The van der Waals surface area contributed by atoms with Gasteiger partial charge in [-0.3, -0.25) is 4.79 Å². The van der Waals surface area contributed by atoms with Crippen LogP contribution >= 0.6 is 0 Å². The molecule has 2 aromatic rings. The average molecular weight is 317 g/mol. The number of aryl methyl sites for hydroxylation is 1. The summed E-state index contributed by atoms with van der Waals surface area (Å²) >= 11 is 0. The fourth-order valence-electron chi connectivity index (χ4n) is 2.34. The van der Waals surface area contributed by atoms with E-state index in [4.69, 9.17) is 9.47 Å². The molecule has 0 unspecified atom stereocenters.